The first-order chi connectivity index (χ1) is 7.79. The van der Waals surface area contributed by atoms with E-state index in [1.54, 1.807) is 0 Å². The van der Waals surface area contributed by atoms with E-state index >= 15 is 0 Å². The molecule has 1 unspecified atom stereocenters. The highest BCUT2D eigenvalue weighted by Crippen LogP contribution is 2.08. The monoisotopic (exact) mass is 217 g/mol. The fraction of sp³-hybridized carbons (Fsp3) is 0.333. The predicted octanol–water partition coefficient (Wildman–Crippen LogP) is 4.43. The molecule has 0 bridgehead atoms. The highest BCUT2D eigenvalue weighted by Gasteiger charge is 1.93. The Hall–Kier alpha value is -1.50. The van der Waals surface area contributed by atoms with Crippen molar-refractivity contribution in [2.24, 2.45) is 5.92 Å². The summed E-state index contributed by atoms with van der Waals surface area (Å²) in [6.45, 7) is 6.22. The predicted molar refractivity (Wildman–Crippen MR) is 74.3 cm³/mol. The van der Waals surface area contributed by atoms with E-state index in [1.807, 2.05) is 44.2 Å². The molecule has 0 heterocycles. The van der Waals surface area contributed by atoms with Crippen LogP contribution in [-0.2, 0) is 0 Å². The van der Waals surface area contributed by atoms with Crippen molar-refractivity contribution >= 4 is 5.69 Å². The first kappa shape index (κ1) is 14.5. The van der Waals surface area contributed by atoms with Gasteiger partial charge in [-0.05, 0) is 24.5 Å². The number of nitrogens with two attached hydrogens (primary N) is 1. The molecule has 0 radical (unpaired) electrons. The van der Waals surface area contributed by atoms with Crippen molar-refractivity contribution in [1.29, 1.82) is 0 Å². The minimum atomic E-state index is 0.769. The summed E-state index contributed by atoms with van der Waals surface area (Å²) in [7, 11) is 0. The zero-order valence-corrected chi connectivity index (χ0v) is 10.6. The molecule has 0 aliphatic heterocycles. The summed E-state index contributed by atoms with van der Waals surface area (Å²) in [5.41, 5.74) is 6.18. The van der Waals surface area contributed by atoms with Gasteiger partial charge in [0.05, 0.1) is 0 Å². The van der Waals surface area contributed by atoms with Gasteiger partial charge in [-0.3, -0.25) is 0 Å². The van der Waals surface area contributed by atoms with Crippen LogP contribution >= 0.6 is 0 Å². The topological polar surface area (TPSA) is 26.0 Å². The standard InChI is InChI=1S/C7H10.C6H7N.C2H6/c1-7-5-3-2-4-6-7;7-6-4-2-1-3-5-6;1-2/h2-5,7H,6H2,1H3;1-5H,7H2;1-2H3. The highest BCUT2D eigenvalue weighted by molar-refractivity contribution is 5.35. The second-order valence-corrected chi connectivity index (χ2v) is 3.44. The van der Waals surface area contributed by atoms with Crippen LogP contribution in [0.1, 0.15) is 27.2 Å². The van der Waals surface area contributed by atoms with Crippen molar-refractivity contribution in [2.45, 2.75) is 27.2 Å². The number of para-hydroxylation sites is 1. The summed E-state index contributed by atoms with van der Waals surface area (Å²) in [5.74, 6) is 0.769. The van der Waals surface area contributed by atoms with Gasteiger partial charge in [-0.2, -0.15) is 0 Å². The van der Waals surface area contributed by atoms with Crippen molar-refractivity contribution in [1.82, 2.24) is 0 Å². The molecule has 0 spiro atoms. The Bertz CT molecular complexity index is 298. The number of hydrogen-bond donors (Lipinski definition) is 1. The van der Waals surface area contributed by atoms with Crippen molar-refractivity contribution in [2.75, 3.05) is 5.73 Å². The minimum absolute atomic E-state index is 0.769. The Morgan fingerprint density at radius 1 is 1.06 bits per heavy atom. The van der Waals surface area contributed by atoms with Gasteiger partial charge in [0, 0.05) is 5.69 Å². The minimum Gasteiger partial charge on any atom is -0.399 e. The number of benzene rings is 1. The van der Waals surface area contributed by atoms with E-state index in [0.29, 0.717) is 0 Å². The molecule has 0 saturated heterocycles. The van der Waals surface area contributed by atoms with Crippen LogP contribution in [0.25, 0.3) is 0 Å². The molecule has 1 heteroatoms. The van der Waals surface area contributed by atoms with Gasteiger partial charge >= 0.3 is 0 Å². The normalized spacial score (nSPS) is 16.6. The average molecular weight is 217 g/mol. The summed E-state index contributed by atoms with van der Waals surface area (Å²) in [6, 6.07) is 9.49. The molecule has 2 N–H and O–H groups in total. The number of nitrogen functional groups attached to an aromatic ring is 1. The maximum atomic E-state index is 5.36. The van der Waals surface area contributed by atoms with Crippen LogP contribution in [0.4, 0.5) is 5.69 Å². The summed E-state index contributed by atoms with van der Waals surface area (Å²) in [6.07, 6.45) is 9.84. The molecular formula is C15H23N. The van der Waals surface area contributed by atoms with E-state index in [-0.39, 0.29) is 0 Å². The molecule has 16 heavy (non-hydrogen) atoms. The molecule has 2 rings (SSSR count). The van der Waals surface area contributed by atoms with E-state index in [9.17, 15) is 0 Å². The van der Waals surface area contributed by atoms with Crippen molar-refractivity contribution in [3.8, 4) is 0 Å². The fourth-order valence-corrected chi connectivity index (χ4v) is 1.16. The van der Waals surface area contributed by atoms with Crippen molar-refractivity contribution in [3.63, 3.8) is 0 Å². The third-order valence-electron chi connectivity index (χ3n) is 1.99. The lowest BCUT2D eigenvalue weighted by atomic mass is 10.0. The van der Waals surface area contributed by atoms with E-state index in [2.05, 4.69) is 31.2 Å². The Labute approximate surface area is 99.7 Å². The van der Waals surface area contributed by atoms with Crippen LogP contribution < -0.4 is 5.73 Å². The molecule has 0 saturated carbocycles. The lowest BCUT2D eigenvalue weighted by Gasteiger charge is -2.02. The Morgan fingerprint density at radius 3 is 1.94 bits per heavy atom. The highest BCUT2D eigenvalue weighted by atomic mass is 14.5. The summed E-state index contributed by atoms with van der Waals surface area (Å²) >= 11 is 0. The zero-order chi connectivity index (χ0) is 12.2. The number of anilines is 1. The fourth-order valence-electron chi connectivity index (χ4n) is 1.16. The summed E-state index contributed by atoms with van der Waals surface area (Å²) in [5, 5.41) is 0. The van der Waals surface area contributed by atoms with Crippen LogP contribution in [0.2, 0.25) is 0 Å². The molecular weight excluding hydrogens is 194 g/mol. The van der Waals surface area contributed by atoms with E-state index in [4.69, 9.17) is 5.73 Å². The van der Waals surface area contributed by atoms with Crippen molar-refractivity contribution in [3.05, 3.63) is 54.6 Å². The average Bonchev–Trinajstić information content (AvgIpc) is 2.34. The Kier molecular flexibility index (Phi) is 9.09. The largest absolute Gasteiger partial charge is 0.399 e. The van der Waals surface area contributed by atoms with Gasteiger partial charge in [0.1, 0.15) is 0 Å². The third-order valence-corrected chi connectivity index (χ3v) is 1.99. The second-order valence-electron chi connectivity index (χ2n) is 3.44. The smallest absolute Gasteiger partial charge is 0.0313 e. The molecule has 1 aliphatic rings. The molecule has 1 nitrogen and oxygen atoms in total. The first-order valence-corrected chi connectivity index (χ1v) is 5.93. The van der Waals surface area contributed by atoms with Gasteiger partial charge < -0.3 is 5.73 Å². The van der Waals surface area contributed by atoms with Gasteiger partial charge in [-0.15, -0.1) is 0 Å². The zero-order valence-electron chi connectivity index (χ0n) is 10.6. The lowest BCUT2D eigenvalue weighted by Crippen LogP contribution is -1.87. The summed E-state index contributed by atoms with van der Waals surface area (Å²) < 4.78 is 0. The van der Waals surface area contributed by atoms with Gasteiger partial charge in [0.2, 0.25) is 0 Å². The van der Waals surface area contributed by atoms with E-state index < -0.39 is 0 Å². The number of rotatable bonds is 0. The molecule has 1 aromatic rings. The first-order valence-electron chi connectivity index (χ1n) is 5.93. The van der Waals surface area contributed by atoms with Crippen LogP contribution in [0.5, 0.6) is 0 Å². The molecule has 0 aromatic heterocycles. The molecule has 88 valence electrons. The third kappa shape index (κ3) is 7.86. The molecule has 1 atom stereocenters. The lowest BCUT2D eigenvalue weighted by molar-refractivity contribution is 0.737. The summed E-state index contributed by atoms with van der Waals surface area (Å²) in [4.78, 5) is 0. The number of hydrogen-bond acceptors (Lipinski definition) is 1. The molecule has 1 aliphatic carbocycles. The van der Waals surface area contributed by atoms with Crippen LogP contribution in [0, 0.1) is 5.92 Å². The van der Waals surface area contributed by atoms with Crippen LogP contribution in [-0.4, -0.2) is 0 Å². The van der Waals surface area contributed by atoms with Gasteiger partial charge in [-0.25, -0.2) is 0 Å². The Morgan fingerprint density at radius 2 is 1.69 bits per heavy atom. The molecule has 0 fully saturated rings. The van der Waals surface area contributed by atoms with Gasteiger partial charge in [0.25, 0.3) is 0 Å². The maximum Gasteiger partial charge on any atom is 0.0313 e. The van der Waals surface area contributed by atoms with Gasteiger partial charge in [0.15, 0.2) is 0 Å². The maximum absolute atomic E-state index is 5.36. The quantitative estimate of drug-likeness (QED) is 0.639. The van der Waals surface area contributed by atoms with Gasteiger partial charge in [-0.1, -0.05) is 63.3 Å². The Balaban J connectivity index is 0.000000244. The molecule has 0 amide bonds. The van der Waals surface area contributed by atoms with E-state index in [1.165, 1.54) is 6.42 Å². The number of allylic oxidation sites excluding steroid dienone is 4. The molecule has 1 aromatic carbocycles. The SMILES string of the molecule is CC.CC1C=CC=CC1.Nc1ccccc1. The second kappa shape index (κ2) is 10.0. The van der Waals surface area contributed by atoms with E-state index in [0.717, 1.165) is 11.6 Å². The van der Waals surface area contributed by atoms with Crippen LogP contribution in [0.3, 0.4) is 0 Å². The van der Waals surface area contributed by atoms with Crippen molar-refractivity contribution < 1.29 is 0 Å². The van der Waals surface area contributed by atoms with Crippen LogP contribution in [0.15, 0.2) is 54.6 Å².